The number of aliphatic imine (C=N–C) groups is 1. The van der Waals surface area contributed by atoms with E-state index >= 15 is 0 Å². The Balaban J connectivity index is 1.94. The molecule has 0 spiro atoms. The van der Waals surface area contributed by atoms with Gasteiger partial charge in [-0.1, -0.05) is 59.7 Å². The largest absolute Gasteiger partial charge is 0.481 e. The van der Waals surface area contributed by atoms with Crippen LogP contribution in [0.4, 0.5) is 0 Å². The number of fused-ring (bicyclic) bond motifs is 1. The maximum atomic E-state index is 14.5. The number of amides is 10. The van der Waals surface area contributed by atoms with E-state index in [1.165, 1.54) is 4.90 Å². The number of carboxylic acids is 2. The number of H-pyrrole nitrogens is 1. The number of nitrogens with zero attached hydrogens (tertiary/aromatic N) is 2. The van der Waals surface area contributed by atoms with E-state index in [1.54, 1.807) is 72.0 Å². The molecule has 0 radical (unpaired) electrons. The van der Waals surface area contributed by atoms with E-state index in [0.29, 0.717) is 22.9 Å². The van der Waals surface area contributed by atoms with Gasteiger partial charge in [0.25, 0.3) is 0 Å². The first-order chi connectivity index (χ1) is 40.8. The quantitative estimate of drug-likeness (QED) is 0.0176. The highest BCUT2D eigenvalue weighted by Crippen LogP contribution is 2.23. The zero-order valence-corrected chi connectivity index (χ0v) is 50.3. The molecule has 1 aliphatic rings. The van der Waals surface area contributed by atoms with Gasteiger partial charge in [-0.05, 0) is 87.7 Å². The molecule has 1 aromatic carbocycles. The van der Waals surface area contributed by atoms with Crippen LogP contribution in [-0.2, 0) is 64.0 Å². The van der Waals surface area contributed by atoms with Crippen LogP contribution >= 0.6 is 0 Å². The van der Waals surface area contributed by atoms with Crippen LogP contribution in [0.15, 0.2) is 35.5 Å². The van der Waals surface area contributed by atoms with E-state index in [9.17, 15) is 78.0 Å². The van der Waals surface area contributed by atoms with Gasteiger partial charge in [-0.3, -0.25) is 57.7 Å². The van der Waals surface area contributed by atoms with Gasteiger partial charge in [-0.15, -0.1) is 0 Å². The fourth-order valence-corrected chi connectivity index (χ4v) is 9.52. The molecule has 0 bridgehead atoms. The predicted octanol–water partition coefficient (Wildman–Crippen LogP) is -3.70. The summed E-state index contributed by atoms with van der Waals surface area (Å²) in [6, 6.07) is -7.74. The summed E-state index contributed by atoms with van der Waals surface area (Å²) < 4.78 is 0. The Kier molecular flexibility index (Phi) is 29.5. The van der Waals surface area contributed by atoms with Gasteiger partial charge in [0, 0.05) is 49.5 Å². The molecular formula is C56H89N15O16. The number of carbonyl (C=O) groups is 12. The molecule has 11 atom stereocenters. The third kappa shape index (κ3) is 23.7. The second-order valence-corrected chi connectivity index (χ2v) is 22.8. The van der Waals surface area contributed by atoms with Gasteiger partial charge in [0.2, 0.25) is 59.1 Å². The highest BCUT2D eigenvalue weighted by Gasteiger charge is 2.41. The first-order valence-electron chi connectivity index (χ1n) is 29.0. The summed E-state index contributed by atoms with van der Waals surface area (Å²) in [6.07, 6.45) is -1.88. The Morgan fingerprint density at radius 1 is 0.644 bits per heavy atom. The number of nitrogens with one attached hydrogen (secondary N) is 9. The van der Waals surface area contributed by atoms with E-state index in [2.05, 4.69) is 52.5 Å². The van der Waals surface area contributed by atoms with Crippen LogP contribution in [0.25, 0.3) is 10.9 Å². The van der Waals surface area contributed by atoms with Gasteiger partial charge in [-0.2, -0.15) is 0 Å². The standard InChI is InChI=1S/C56H89N15O16/c1-27(2)22-37(48(79)64-35(17-19-43(75)76)46(77)63-34(14-10-20-61-56(59)60)47(78)70-45(30(7)73)53(84)68-39(55(86)87)23-28(3)4)66-50(81)40(26-72)69-49(80)38(24-31-25-62-33-13-9-8-12-32(31)33)67-51(82)41-15-11-21-71(41)54(85)36(16-18-42(57)74)65-52(83)44(58)29(5)6/h8-9,12-13,25,27-30,34-41,44-45,62,72-73H,10-11,14-24,26,58H2,1-7H3,(H2,57,74)(H,63,77)(H,64,79)(H,65,83)(H,66,81)(H,67,82)(H,68,84)(H,69,80)(H,70,78)(H,75,76)(H,86,87)(H4,59,60,61)/t30-,34+,35+,36+,37+,38+,39+,40+,41+,44+,45+/m1/s1. The number of rotatable bonds is 37. The Morgan fingerprint density at radius 2 is 1.17 bits per heavy atom. The Hall–Kier alpha value is -8.45. The van der Waals surface area contributed by atoms with E-state index in [1.807, 2.05) is 0 Å². The number of likely N-dealkylation sites (tertiary alicyclic amines) is 1. The number of para-hydroxylation sites is 1. The molecule has 2 heterocycles. The maximum absolute atomic E-state index is 14.5. The number of aliphatic hydroxyl groups excluding tert-OH is 2. The summed E-state index contributed by atoms with van der Waals surface area (Å²) in [6.45, 7) is 10.3. The first-order valence-corrected chi connectivity index (χ1v) is 29.0. The molecule has 31 nitrogen and oxygen atoms in total. The third-order valence-electron chi connectivity index (χ3n) is 14.3. The van der Waals surface area contributed by atoms with Crippen molar-refractivity contribution in [3.05, 3.63) is 36.0 Å². The van der Waals surface area contributed by atoms with Crippen molar-refractivity contribution >= 4 is 87.9 Å². The van der Waals surface area contributed by atoms with Crippen molar-refractivity contribution in [3.8, 4) is 0 Å². The van der Waals surface area contributed by atoms with E-state index in [-0.39, 0.29) is 88.2 Å². The molecule has 87 heavy (non-hydrogen) atoms. The minimum absolute atomic E-state index is 0.00157. The number of guanidine groups is 1. The number of hydrogen-bond acceptors (Lipinski definition) is 16. The number of aliphatic carboxylic acids is 2. The van der Waals surface area contributed by atoms with Gasteiger partial charge in [0.15, 0.2) is 5.96 Å². The van der Waals surface area contributed by atoms with Gasteiger partial charge < -0.3 is 95.8 Å². The minimum atomic E-state index is -1.80. The number of primary amides is 1. The molecule has 0 saturated carbocycles. The Morgan fingerprint density at radius 3 is 1.75 bits per heavy atom. The molecule has 10 amide bonds. The van der Waals surface area contributed by atoms with Crippen LogP contribution in [0.5, 0.6) is 0 Å². The maximum Gasteiger partial charge on any atom is 0.326 e. The number of aromatic nitrogens is 1. The zero-order valence-electron chi connectivity index (χ0n) is 50.3. The first kappa shape index (κ1) is 72.8. The molecule has 484 valence electrons. The van der Waals surface area contributed by atoms with Crippen LogP contribution in [0.3, 0.4) is 0 Å². The molecule has 0 aliphatic carbocycles. The van der Waals surface area contributed by atoms with Crippen molar-refractivity contribution in [2.45, 2.75) is 186 Å². The lowest BCUT2D eigenvalue weighted by molar-refractivity contribution is -0.143. The van der Waals surface area contributed by atoms with E-state index in [0.717, 1.165) is 6.92 Å². The van der Waals surface area contributed by atoms with Crippen LogP contribution in [-0.4, -0.2) is 193 Å². The summed E-state index contributed by atoms with van der Waals surface area (Å²) in [5, 5.41) is 61.0. The SMILES string of the molecule is CC(C)C[C@H](NC(=O)[C@@H](NC(=O)[C@H](CCCN=C(N)N)NC(=O)[C@H](CCC(=O)O)NC(=O)[C@H](CC(C)C)NC(=O)[C@H](CO)NC(=O)[C@H](Cc1c[nH]c2ccccc12)NC(=O)[C@@H]1CCCN1C(=O)[C@H](CCC(N)=O)NC(=O)[C@@H](N)C(C)C)[C@@H](C)O)C(=O)O. The number of carbonyl (C=O) groups excluding carboxylic acids is 10. The molecule has 1 fully saturated rings. The molecule has 31 heteroatoms. The van der Waals surface area contributed by atoms with E-state index < -0.39 is 157 Å². The summed E-state index contributed by atoms with van der Waals surface area (Å²) in [4.78, 5) is 170. The highest BCUT2D eigenvalue weighted by atomic mass is 16.4. The third-order valence-corrected chi connectivity index (χ3v) is 14.3. The predicted molar refractivity (Wildman–Crippen MR) is 316 cm³/mol. The van der Waals surface area contributed by atoms with Crippen molar-refractivity contribution in [2.24, 2.45) is 45.7 Å². The molecule has 2 aromatic rings. The fourth-order valence-electron chi connectivity index (χ4n) is 9.52. The van der Waals surface area contributed by atoms with E-state index in [4.69, 9.17) is 22.9 Å². The fraction of sp³-hybridized carbons (Fsp3) is 0.625. The average molecular weight is 1230 g/mol. The lowest BCUT2D eigenvalue weighted by Crippen LogP contribution is -2.61. The van der Waals surface area contributed by atoms with Gasteiger partial charge >= 0.3 is 11.9 Å². The van der Waals surface area contributed by atoms with Gasteiger partial charge in [0.1, 0.15) is 54.4 Å². The van der Waals surface area contributed by atoms with Crippen LogP contribution in [0.2, 0.25) is 0 Å². The highest BCUT2D eigenvalue weighted by molar-refractivity contribution is 5.99. The number of aromatic amines is 1. The second-order valence-electron chi connectivity index (χ2n) is 22.8. The molecule has 1 aliphatic heterocycles. The molecule has 1 aromatic heterocycles. The lowest BCUT2D eigenvalue weighted by atomic mass is 10.0. The zero-order chi connectivity index (χ0) is 65.4. The minimum Gasteiger partial charge on any atom is -0.481 e. The van der Waals surface area contributed by atoms with Gasteiger partial charge in [0.05, 0.1) is 18.8 Å². The van der Waals surface area contributed by atoms with Crippen molar-refractivity contribution < 1.29 is 78.0 Å². The van der Waals surface area contributed by atoms with Crippen molar-refractivity contribution in [2.75, 3.05) is 19.7 Å². The summed E-state index contributed by atoms with van der Waals surface area (Å²) in [5.41, 5.74) is 23.6. The normalized spacial score (nSPS) is 16.6. The van der Waals surface area contributed by atoms with Crippen LogP contribution in [0, 0.1) is 17.8 Å². The Labute approximate surface area is 503 Å². The molecule has 1 saturated heterocycles. The van der Waals surface area contributed by atoms with Gasteiger partial charge in [-0.25, -0.2) is 4.79 Å². The van der Waals surface area contributed by atoms with Crippen molar-refractivity contribution in [1.29, 1.82) is 0 Å². The molecule has 3 rings (SSSR count). The Bertz CT molecular complexity index is 2770. The molecule has 21 N–H and O–H groups in total. The summed E-state index contributed by atoms with van der Waals surface area (Å²) in [5.74, 6) is -13.2. The summed E-state index contributed by atoms with van der Waals surface area (Å²) >= 11 is 0. The number of nitrogens with two attached hydrogens (primary N) is 4. The van der Waals surface area contributed by atoms with Crippen molar-refractivity contribution in [1.82, 2.24) is 52.4 Å². The summed E-state index contributed by atoms with van der Waals surface area (Å²) in [7, 11) is 0. The number of benzene rings is 1. The van der Waals surface area contributed by atoms with Crippen molar-refractivity contribution in [3.63, 3.8) is 0 Å². The second kappa shape index (κ2) is 35.2. The number of carboxylic acid groups (broad SMARTS) is 2. The van der Waals surface area contributed by atoms with Crippen LogP contribution < -0.4 is 65.5 Å². The number of aliphatic hydroxyl groups is 2. The average Bonchev–Trinajstić information content (AvgIpc) is 2.39. The topological polar surface area (TPSA) is 517 Å². The monoisotopic (exact) mass is 1230 g/mol. The lowest BCUT2D eigenvalue weighted by Gasteiger charge is -2.31. The van der Waals surface area contributed by atoms with Crippen LogP contribution in [0.1, 0.15) is 118 Å². The smallest absolute Gasteiger partial charge is 0.326 e. The molecular weight excluding hydrogens is 1140 g/mol. The molecule has 0 unspecified atom stereocenters. The number of hydrogen-bond donors (Lipinski definition) is 17.